The highest BCUT2D eigenvalue weighted by atomic mass is 35.5. The van der Waals surface area contributed by atoms with Gasteiger partial charge in [-0.15, -0.1) is 11.6 Å². The SMILES string of the molecule is COCC(CCl)NC(=O)Cc1ccccc1OC. The summed E-state index contributed by atoms with van der Waals surface area (Å²) in [6.45, 7) is 0.404. The summed E-state index contributed by atoms with van der Waals surface area (Å²) in [5, 5.41) is 2.82. The zero-order valence-corrected chi connectivity index (χ0v) is 11.4. The summed E-state index contributed by atoms with van der Waals surface area (Å²) in [6, 6.07) is 7.27. The third-order valence-electron chi connectivity index (χ3n) is 2.46. The van der Waals surface area contributed by atoms with Gasteiger partial charge in [0.1, 0.15) is 5.75 Å². The number of para-hydroxylation sites is 1. The summed E-state index contributed by atoms with van der Waals surface area (Å²) >= 11 is 5.73. The van der Waals surface area contributed by atoms with E-state index >= 15 is 0 Å². The van der Waals surface area contributed by atoms with Crippen LogP contribution in [0.1, 0.15) is 5.56 Å². The van der Waals surface area contributed by atoms with Crippen LogP contribution in [0.4, 0.5) is 0 Å². The Morgan fingerprint density at radius 2 is 2.11 bits per heavy atom. The Balaban J connectivity index is 2.58. The first-order valence-electron chi connectivity index (χ1n) is 5.67. The van der Waals surface area contributed by atoms with Crippen molar-refractivity contribution in [2.24, 2.45) is 0 Å². The molecule has 1 N–H and O–H groups in total. The minimum atomic E-state index is -0.168. The number of benzene rings is 1. The standard InChI is InChI=1S/C13H18ClNO3/c1-17-9-11(8-14)15-13(16)7-10-5-3-4-6-12(10)18-2/h3-6,11H,7-9H2,1-2H3,(H,15,16). The van der Waals surface area contributed by atoms with Crippen molar-refractivity contribution in [3.63, 3.8) is 0 Å². The summed E-state index contributed by atoms with van der Waals surface area (Å²) in [5.41, 5.74) is 0.850. The Labute approximate surface area is 112 Å². The zero-order valence-electron chi connectivity index (χ0n) is 10.6. The van der Waals surface area contributed by atoms with Gasteiger partial charge in [0.25, 0.3) is 0 Å². The number of methoxy groups -OCH3 is 2. The van der Waals surface area contributed by atoms with E-state index in [1.54, 1.807) is 14.2 Å². The van der Waals surface area contributed by atoms with Gasteiger partial charge in [0.2, 0.25) is 5.91 Å². The highest BCUT2D eigenvalue weighted by molar-refractivity contribution is 6.18. The maximum atomic E-state index is 11.8. The lowest BCUT2D eigenvalue weighted by Crippen LogP contribution is -2.40. The van der Waals surface area contributed by atoms with E-state index in [0.717, 1.165) is 5.56 Å². The Morgan fingerprint density at radius 3 is 2.72 bits per heavy atom. The van der Waals surface area contributed by atoms with Crippen LogP contribution in [0.15, 0.2) is 24.3 Å². The molecule has 1 aromatic carbocycles. The van der Waals surface area contributed by atoms with Crippen molar-refractivity contribution in [2.45, 2.75) is 12.5 Å². The minimum Gasteiger partial charge on any atom is -0.496 e. The van der Waals surface area contributed by atoms with E-state index in [-0.39, 0.29) is 18.4 Å². The fourth-order valence-corrected chi connectivity index (χ4v) is 1.79. The highest BCUT2D eigenvalue weighted by Crippen LogP contribution is 2.17. The van der Waals surface area contributed by atoms with Crippen molar-refractivity contribution in [1.82, 2.24) is 5.32 Å². The lowest BCUT2D eigenvalue weighted by Gasteiger charge is -2.15. The molecule has 0 aliphatic carbocycles. The lowest BCUT2D eigenvalue weighted by atomic mass is 10.1. The Morgan fingerprint density at radius 1 is 1.39 bits per heavy atom. The van der Waals surface area contributed by atoms with Gasteiger partial charge in [-0.25, -0.2) is 0 Å². The normalized spacial score (nSPS) is 11.9. The monoisotopic (exact) mass is 271 g/mol. The van der Waals surface area contributed by atoms with Gasteiger partial charge in [-0.05, 0) is 6.07 Å². The number of halogens is 1. The molecule has 1 rings (SSSR count). The highest BCUT2D eigenvalue weighted by Gasteiger charge is 2.13. The van der Waals surface area contributed by atoms with Gasteiger partial charge in [0, 0.05) is 18.6 Å². The molecule has 1 aromatic rings. The van der Waals surface area contributed by atoms with Crippen molar-refractivity contribution in [3.8, 4) is 5.75 Å². The second kappa shape index (κ2) is 7.95. The van der Waals surface area contributed by atoms with Crippen LogP contribution in [0.2, 0.25) is 0 Å². The molecule has 0 heterocycles. The van der Waals surface area contributed by atoms with E-state index in [2.05, 4.69) is 5.32 Å². The van der Waals surface area contributed by atoms with E-state index in [9.17, 15) is 4.79 Å². The largest absolute Gasteiger partial charge is 0.496 e. The Kier molecular flexibility index (Phi) is 6.54. The van der Waals surface area contributed by atoms with Gasteiger partial charge in [-0.2, -0.15) is 0 Å². The van der Waals surface area contributed by atoms with Gasteiger partial charge in [0.15, 0.2) is 0 Å². The second-order valence-electron chi connectivity index (χ2n) is 3.86. The topological polar surface area (TPSA) is 47.6 Å². The maximum absolute atomic E-state index is 11.8. The number of hydrogen-bond acceptors (Lipinski definition) is 3. The molecule has 18 heavy (non-hydrogen) atoms. The number of carbonyl (C=O) groups is 1. The number of nitrogens with one attached hydrogen (secondary N) is 1. The maximum Gasteiger partial charge on any atom is 0.224 e. The first-order valence-corrected chi connectivity index (χ1v) is 6.20. The molecule has 0 aliphatic rings. The first kappa shape index (κ1) is 14.8. The summed E-state index contributed by atoms with van der Waals surface area (Å²) < 4.78 is 10.2. The molecule has 100 valence electrons. The van der Waals surface area contributed by atoms with Gasteiger partial charge >= 0.3 is 0 Å². The van der Waals surface area contributed by atoms with E-state index in [1.807, 2.05) is 24.3 Å². The molecule has 0 aliphatic heterocycles. The fourth-order valence-electron chi connectivity index (χ4n) is 1.63. The van der Waals surface area contributed by atoms with Crippen molar-refractivity contribution in [2.75, 3.05) is 26.7 Å². The molecule has 0 bridgehead atoms. The third kappa shape index (κ3) is 4.55. The average molecular weight is 272 g/mol. The summed E-state index contributed by atoms with van der Waals surface area (Å²) in [6.07, 6.45) is 0.265. The van der Waals surface area contributed by atoms with Crippen LogP contribution in [0, 0.1) is 0 Å². The smallest absolute Gasteiger partial charge is 0.224 e. The second-order valence-corrected chi connectivity index (χ2v) is 4.17. The van der Waals surface area contributed by atoms with Crippen molar-refractivity contribution in [3.05, 3.63) is 29.8 Å². The van der Waals surface area contributed by atoms with Crippen molar-refractivity contribution in [1.29, 1.82) is 0 Å². The molecule has 1 amide bonds. The number of rotatable bonds is 7. The molecule has 5 heteroatoms. The molecule has 0 fully saturated rings. The van der Waals surface area contributed by atoms with Crippen LogP contribution in [0.3, 0.4) is 0 Å². The summed E-state index contributed by atoms with van der Waals surface area (Å²) in [4.78, 5) is 11.8. The number of hydrogen-bond donors (Lipinski definition) is 1. The molecule has 0 saturated heterocycles. The predicted molar refractivity (Wildman–Crippen MR) is 71.2 cm³/mol. The van der Waals surface area contributed by atoms with E-state index < -0.39 is 0 Å². The number of alkyl halides is 1. The van der Waals surface area contributed by atoms with E-state index in [4.69, 9.17) is 21.1 Å². The Bertz CT molecular complexity index is 384. The molecular formula is C13H18ClNO3. The molecule has 1 atom stereocenters. The van der Waals surface area contributed by atoms with Crippen molar-refractivity contribution >= 4 is 17.5 Å². The molecule has 0 spiro atoms. The van der Waals surface area contributed by atoms with Crippen LogP contribution >= 0.6 is 11.6 Å². The quantitative estimate of drug-likeness (QED) is 0.767. The van der Waals surface area contributed by atoms with Crippen LogP contribution in [0.5, 0.6) is 5.75 Å². The molecule has 4 nitrogen and oxygen atoms in total. The third-order valence-corrected chi connectivity index (χ3v) is 2.84. The zero-order chi connectivity index (χ0) is 13.4. The number of carbonyl (C=O) groups excluding carboxylic acids is 1. The fraction of sp³-hybridized carbons (Fsp3) is 0.462. The van der Waals surface area contributed by atoms with Crippen molar-refractivity contribution < 1.29 is 14.3 Å². The molecule has 1 unspecified atom stereocenters. The number of amides is 1. The summed E-state index contributed by atoms with van der Waals surface area (Å²) in [7, 11) is 3.16. The van der Waals surface area contributed by atoms with Crippen LogP contribution in [-0.2, 0) is 16.0 Å². The van der Waals surface area contributed by atoms with Gasteiger partial charge in [-0.1, -0.05) is 18.2 Å². The van der Waals surface area contributed by atoms with Gasteiger partial charge < -0.3 is 14.8 Å². The predicted octanol–water partition coefficient (Wildman–Crippen LogP) is 1.61. The lowest BCUT2D eigenvalue weighted by molar-refractivity contribution is -0.121. The van der Waals surface area contributed by atoms with Gasteiger partial charge in [-0.3, -0.25) is 4.79 Å². The van der Waals surface area contributed by atoms with E-state index in [0.29, 0.717) is 18.2 Å². The van der Waals surface area contributed by atoms with Crippen LogP contribution < -0.4 is 10.1 Å². The van der Waals surface area contributed by atoms with Crippen LogP contribution in [0.25, 0.3) is 0 Å². The number of ether oxygens (including phenoxy) is 2. The molecular weight excluding hydrogens is 254 g/mol. The minimum absolute atomic E-state index is 0.0952. The molecule has 0 aromatic heterocycles. The van der Waals surface area contributed by atoms with Crippen LogP contribution in [-0.4, -0.2) is 38.7 Å². The molecule has 0 radical (unpaired) electrons. The summed E-state index contributed by atoms with van der Waals surface area (Å²) in [5.74, 6) is 0.940. The first-order chi connectivity index (χ1) is 8.71. The van der Waals surface area contributed by atoms with E-state index in [1.165, 1.54) is 0 Å². The van der Waals surface area contributed by atoms with Gasteiger partial charge in [0.05, 0.1) is 26.2 Å². The molecule has 0 saturated carbocycles. The average Bonchev–Trinajstić information content (AvgIpc) is 2.38. The Hall–Kier alpha value is -1.26.